The van der Waals surface area contributed by atoms with Crippen LogP contribution < -0.4 is 5.32 Å². The van der Waals surface area contributed by atoms with Gasteiger partial charge in [0.25, 0.3) is 5.91 Å². The molecule has 4 rings (SSSR count). The minimum Gasteiger partial charge on any atom is -0.448 e. The number of fused-ring (bicyclic) bond motifs is 2. The zero-order valence-electron chi connectivity index (χ0n) is 14.7. The average Bonchev–Trinajstić information content (AvgIpc) is 3.12. The number of hydrogen-bond acceptors (Lipinski definition) is 3. The van der Waals surface area contributed by atoms with Crippen LogP contribution in [0.2, 0.25) is 0 Å². The highest BCUT2D eigenvalue weighted by Crippen LogP contribution is 2.23. The van der Waals surface area contributed by atoms with Gasteiger partial charge in [-0.25, -0.2) is 4.79 Å². The van der Waals surface area contributed by atoms with Crippen LogP contribution in [-0.2, 0) is 9.53 Å². The summed E-state index contributed by atoms with van der Waals surface area (Å²) in [6.45, 7) is 1.56. The molecular weight excluding hydrogens is 340 g/mol. The summed E-state index contributed by atoms with van der Waals surface area (Å²) >= 11 is 0. The van der Waals surface area contributed by atoms with E-state index in [9.17, 15) is 9.59 Å². The number of H-pyrrole nitrogens is 1. The van der Waals surface area contributed by atoms with Crippen molar-refractivity contribution in [3.8, 4) is 0 Å². The highest BCUT2D eigenvalue weighted by atomic mass is 16.5. The number of benzene rings is 3. The number of ether oxygens (including phenoxy) is 1. The molecule has 1 heterocycles. The third kappa shape index (κ3) is 3.40. The topological polar surface area (TPSA) is 71.2 Å². The van der Waals surface area contributed by atoms with Crippen molar-refractivity contribution >= 4 is 39.2 Å². The fourth-order valence-corrected chi connectivity index (χ4v) is 3.03. The van der Waals surface area contributed by atoms with E-state index < -0.39 is 12.1 Å². The van der Waals surface area contributed by atoms with Crippen molar-refractivity contribution in [3.05, 3.63) is 78.5 Å². The number of carbonyl (C=O) groups is 2. The number of rotatable bonds is 4. The zero-order chi connectivity index (χ0) is 18.8. The predicted molar refractivity (Wildman–Crippen MR) is 106 cm³/mol. The number of carbonyl (C=O) groups excluding carboxylic acids is 2. The van der Waals surface area contributed by atoms with Crippen molar-refractivity contribution in [2.45, 2.75) is 13.0 Å². The zero-order valence-corrected chi connectivity index (χ0v) is 14.7. The van der Waals surface area contributed by atoms with Gasteiger partial charge >= 0.3 is 5.97 Å². The maximum absolute atomic E-state index is 12.5. The molecule has 0 fully saturated rings. The summed E-state index contributed by atoms with van der Waals surface area (Å²) in [7, 11) is 0. The summed E-state index contributed by atoms with van der Waals surface area (Å²) in [6, 6.07) is 22.7. The van der Waals surface area contributed by atoms with Crippen LogP contribution in [0.5, 0.6) is 0 Å². The molecule has 27 heavy (non-hydrogen) atoms. The summed E-state index contributed by atoms with van der Waals surface area (Å²) in [5, 5.41) is 5.71. The molecule has 3 aromatic carbocycles. The van der Waals surface area contributed by atoms with Gasteiger partial charge in [0, 0.05) is 22.0 Å². The molecule has 2 N–H and O–H groups in total. The number of hydrogen-bond donors (Lipinski definition) is 2. The van der Waals surface area contributed by atoms with Crippen LogP contribution in [0.3, 0.4) is 0 Å². The number of nitrogens with one attached hydrogen (secondary N) is 2. The number of amides is 1. The second-order valence-corrected chi connectivity index (χ2v) is 6.33. The van der Waals surface area contributed by atoms with Crippen LogP contribution in [-0.4, -0.2) is 23.0 Å². The van der Waals surface area contributed by atoms with E-state index in [1.807, 2.05) is 66.7 Å². The first-order valence-electron chi connectivity index (χ1n) is 8.69. The van der Waals surface area contributed by atoms with Crippen molar-refractivity contribution in [2.24, 2.45) is 0 Å². The molecular formula is C22H18N2O3. The van der Waals surface area contributed by atoms with Crippen molar-refractivity contribution in [1.29, 1.82) is 0 Å². The maximum atomic E-state index is 12.5. The highest BCUT2D eigenvalue weighted by Gasteiger charge is 2.20. The van der Waals surface area contributed by atoms with E-state index in [4.69, 9.17) is 4.74 Å². The minimum absolute atomic E-state index is 0.320. The molecule has 134 valence electrons. The first-order valence-corrected chi connectivity index (χ1v) is 8.69. The van der Waals surface area contributed by atoms with Gasteiger partial charge in [-0.15, -0.1) is 0 Å². The van der Waals surface area contributed by atoms with Gasteiger partial charge in [-0.1, -0.05) is 54.6 Å². The van der Waals surface area contributed by atoms with Gasteiger partial charge in [-0.3, -0.25) is 4.79 Å². The Labute approximate surface area is 156 Å². The van der Waals surface area contributed by atoms with Gasteiger partial charge in [-0.2, -0.15) is 0 Å². The second kappa shape index (κ2) is 6.96. The third-order valence-electron chi connectivity index (χ3n) is 4.45. The SMILES string of the molecule is C[C@@H](OC(=O)c1cc2ccccc2[nH]1)C(=O)Nc1cccc2ccccc12. The van der Waals surface area contributed by atoms with Crippen LogP contribution in [0.15, 0.2) is 72.8 Å². The van der Waals surface area contributed by atoms with E-state index >= 15 is 0 Å². The standard InChI is InChI=1S/C22H18N2O3/c1-14(27-22(26)20-13-16-8-3-5-11-18(16)23-20)21(25)24-19-12-6-9-15-7-2-4-10-17(15)19/h2-14,23H,1H3,(H,24,25)/t14-/m1/s1. The largest absolute Gasteiger partial charge is 0.448 e. The number of para-hydroxylation sites is 1. The van der Waals surface area contributed by atoms with Crippen LogP contribution in [0.1, 0.15) is 17.4 Å². The molecule has 0 saturated carbocycles. The molecule has 5 heteroatoms. The van der Waals surface area contributed by atoms with Crippen molar-refractivity contribution in [3.63, 3.8) is 0 Å². The van der Waals surface area contributed by atoms with E-state index in [2.05, 4.69) is 10.3 Å². The van der Waals surface area contributed by atoms with Crippen molar-refractivity contribution in [2.75, 3.05) is 5.32 Å². The van der Waals surface area contributed by atoms with Gasteiger partial charge < -0.3 is 15.0 Å². The first-order chi connectivity index (χ1) is 13.1. The van der Waals surface area contributed by atoms with E-state index in [1.54, 1.807) is 13.0 Å². The molecule has 5 nitrogen and oxygen atoms in total. The fourth-order valence-electron chi connectivity index (χ4n) is 3.03. The van der Waals surface area contributed by atoms with Crippen LogP contribution >= 0.6 is 0 Å². The molecule has 0 unspecified atom stereocenters. The smallest absolute Gasteiger partial charge is 0.355 e. The minimum atomic E-state index is -0.928. The monoisotopic (exact) mass is 358 g/mol. The molecule has 0 aliphatic heterocycles. The summed E-state index contributed by atoms with van der Waals surface area (Å²) < 4.78 is 5.33. The maximum Gasteiger partial charge on any atom is 0.355 e. The number of esters is 1. The van der Waals surface area contributed by atoms with E-state index in [1.165, 1.54) is 0 Å². The molecule has 4 aromatic rings. The lowest BCUT2D eigenvalue weighted by molar-refractivity contribution is -0.123. The lowest BCUT2D eigenvalue weighted by atomic mass is 10.1. The Morgan fingerprint density at radius 1 is 0.926 bits per heavy atom. The second-order valence-electron chi connectivity index (χ2n) is 6.33. The number of anilines is 1. The van der Waals surface area contributed by atoms with Crippen LogP contribution in [0.25, 0.3) is 21.7 Å². The average molecular weight is 358 g/mol. The summed E-state index contributed by atoms with van der Waals surface area (Å²) in [5.41, 5.74) is 1.85. The first kappa shape index (κ1) is 16.8. The van der Waals surface area contributed by atoms with Gasteiger partial charge in [0.2, 0.25) is 0 Å². The Morgan fingerprint density at radius 2 is 1.63 bits per heavy atom. The van der Waals surface area contributed by atoms with Gasteiger partial charge in [0.15, 0.2) is 6.10 Å². The summed E-state index contributed by atoms with van der Waals surface area (Å²) in [4.78, 5) is 27.9. The molecule has 1 aromatic heterocycles. The molecule has 0 aliphatic rings. The lowest BCUT2D eigenvalue weighted by Crippen LogP contribution is -2.30. The Kier molecular flexibility index (Phi) is 4.34. The quantitative estimate of drug-likeness (QED) is 0.528. The van der Waals surface area contributed by atoms with E-state index in [0.29, 0.717) is 11.4 Å². The Hall–Kier alpha value is -3.60. The predicted octanol–water partition coefficient (Wildman–Crippen LogP) is 4.51. The third-order valence-corrected chi connectivity index (χ3v) is 4.45. The molecule has 1 amide bonds. The molecule has 0 aliphatic carbocycles. The van der Waals surface area contributed by atoms with Crippen LogP contribution in [0, 0.1) is 0 Å². The van der Waals surface area contributed by atoms with Gasteiger partial charge in [0.1, 0.15) is 5.69 Å². The Morgan fingerprint density at radius 3 is 2.44 bits per heavy atom. The fraction of sp³-hybridized carbons (Fsp3) is 0.0909. The number of aromatic amines is 1. The number of aromatic nitrogens is 1. The lowest BCUT2D eigenvalue weighted by Gasteiger charge is -2.14. The molecule has 0 radical (unpaired) electrons. The van der Waals surface area contributed by atoms with Crippen LogP contribution in [0.4, 0.5) is 5.69 Å². The molecule has 0 spiro atoms. The summed E-state index contributed by atoms with van der Waals surface area (Å²) in [6.07, 6.45) is -0.928. The summed E-state index contributed by atoms with van der Waals surface area (Å²) in [5.74, 6) is -0.942. The van der Waals surface area contributed by atoms with Crippen molar-refractivity contribution < 1.29 is 14.3 Å². The Balaban J connectivity index is 1.48. The molecule has 1 atom stereocenters. The van der Waals surface area contributed by atoms with E-state index in [-0.39, 0.29) is 5.91 Å². The normalized spacial score (nSPS) is 12.0. The Bertz CT molecular complexity index is 1110. The van der Waals surface area contributed by atoms with E-state index in [0.717, 1.165) is 21.7 Å². The van der Waals surface area contributed by atoms with Gasteiger partial charge in [-0.05, 0) is 30.5 Å². The van der Waals surface area contributed by atoms with Gasteiger partial charge in [0.05, 0.1) is 0 Å². The highest BCUT2D eigenvalue weighted by molar-refractivity contribution is 6.04. The molecule has 0 bridgehead atoms. The molecule has 0 saturated heterocycles. The van der Waals surface area contributed by atoms with Crippen molar-refractivity contribution in [1.82, 2.24) is 4.98 Å².